The lowest BCUT2D eigenvalue weighted by atomic mass is 10.1. The van der Waals surface area contributed by atoms with Crippen molar-refractivity contribution in [1.82, 2.24) is 5.32 Å². The fourth-order valence-corrected chi connectivity index (χ4v) is 0.895. The molecule has 72 valence electrons. The van der Waals surface area contributed by atoms with Gasteiger partial charge in [-0.1, -0.05) is 20.8 Å². The van der Waals surface area contributed by atoms with Crippen molar-refractivity contribution in [2.24, 2.45) is 11.8 Å². The van der Waals surface area contributed by atoms with Crippen molar-refractivity contribution in [3.05, 3.63) is 0 Å². The van der Waals surface area contributed by atoms with E-state index >= 15 is 0 Å². The van der Waals surface area contributed by atoms with Crippen LogP contribution in [0.1, 0.15) is 27.2 Å². The summed E-state index contributed by atoms with van der Waals surface area (Å²) in [7, 11) is 0. The van der Waals surface area contributed by atoms with Gasteiger partial charge in [0.15, 0.2) is 0 Å². The zero-order valence-electron chi connectivity index (χ0n) is 8.06. The van der Waals surface area contributed by atoms with Gasteiger partial charge < -0.3 is 5.32 Å². The van der Waals surface area contributed by atoms with E-state index in [1.807, 2.05) is 20.8 Å². The first-order chi connectivity index (χ1) is 5.56. The first kappa shape index (κ1) is 11.8. The van der Waals surface area contributed by atoms with Crippen LogP contribution in [0.15, 0.2) is 0 Å². The van der Waals surface area contributed by atoms with Crippen molar-refractivity contribution >= 4 is 17.5 Å². The van der Waals surface area contributed by atoms with Gasteiger partial charge in [0.2, 0.25) is 5.91 Å². The Morgan fingerprint density at radius 3 is 2.42 bits per heavy atom. The molecule has 2 nitrogen and oxygen atoms in total. The molecule has 0 bridgehead atoms. The summed E-state index contributed by atoms with van der Waals surface area (Å²) < 4.78 is 0. The molecule has 0 spiro atoms. The summed E-state index contributed by atoms with van der Waals surface area (Å²) in [4.78, 5) is 11.1. The molecule has 0 rings (SSSR count). The fourth-order valence-electron chi connectivity index (χ4n) is 0.786. The Morgan fingerprint density at radius 2 is 2.00 bits per heavy atom. The standard InChI is InChI=1S/C9H18ClNO/c1-7(2)4-9(12)11-6-8(3)5-10/h7-8H,4-6H2,1-3H3,(H,11,12). The highest BCUT2D eigenvalue weighted by molar-refractivity contribution is 6.18. The van der Waals surface area contributed by atoms with Crippen LogP contribution < -0.4 is 5.32 Å². The van der Waals surface area contributed by atoms with Gasteiger partial charge in [0, 0.05) is 18.8 Å². The summed E-state index contributed by atoms with van der Waals surface area (Å²) in [5.41, 5.74) is 0. The van der Waals surface area contributed by atoms with E-state index < -0.39 is 0 Å². The van der Waals surface area contributed by atoms with Gasteiger partial charge in [0.05, 0.1) is 0 Å². The van der Waals surface area contributed by atoms with Crippen LogP contribution >= 0.6 is 11.6 Å². The molecule has 0 heterocycles. The molecule has 0 aromatic rings. The Labute approximate surface area is 79.7 Å². The number of carbonyl (C=O) groups is 1. The van der Waals surface area contributed by atoms with Crippen molar-refractivity contribution in [2.45, 2.75) is 27.2 Å². The Kier molecular flexibility index (Phi) is 6.17. The van der Waals surface area contributed by atoms with E-state index in [1.165, 1.54) is 0 Å². The molecule has 0 saturated carbocycles. The first-order valence-corrected chi connectivity index (χ1v) is 4.92. The number of alkyl halides is 1. The molecule has 0 aliphatic heterocycles. The Bertz CT molecular complexity index is 136. The molecule has 0 saturated heterocycles. The maximum absolute atomic E-state index is 11.1. The van der Waals surface area contributed by atoms with Crippen molar-refractivity contribution in [3.8, 4) is 0 Å². The Morgan fingerprint density at radius 1 is 1.42 bits per heavy atom. The minimum atomic E-state index is 0.127. The third-order valence-corrected chi connectivity index (χ3v) is 2.03. The van der Waals surface area contributed by atoms with Crippen LogP contribution in [0, 0.1) is 11.8 Å². The molecule has 0 aromatic heterocycles. The van der Waals surface area contributed by atoms with E-state index in [0.29, 0.717) is 30.7 Å². The van der Waals surface area contributed by atoms with Crippen LogP contribution in [-0.4, -0.2) is 18.3 Å². The number of hydrogen-bond donors (Lipinski definition) is 1. The topological polar surface area (TPSA) is 29.1 Å². The molecule has 1 amide bonds. The van der Waals surface area contributed by atoms with Gasteiger partial charge in [0.1, 0.15) is 0 Å². The van der Waals surface area contributed by atoms with Crippen molar-refractivity contribution in [1.29, 1.82) is 0 Å². The third kappa shape index (κ3) is 6.47. The second-order valence-corrected chi connectivity index (χ2v) is 3.97. The first-order valence-electron chi connectivity index (χ1n) is 4.39. The Balaban J connectivity index is 3.44. The highest BCUT2D eigenvalue weighted by Crippen LogP contribution is 1.99. The second-order valence-electron chi connectivity index (χ2n) is 3.66. The summed E-state index contributed by atoms with van der Waals surface area (Å²) in [5.74, 6) is 1.52. The quantitative estimate of drug-likeness (QED) is 0.662. The molecule has 0 radical (unpaired) electrons. The number of amides is 1. The summed E-state index contributed by atoms with van der Waals surface area (Å²) in [5, 5.41) is 2.84. The summed E-state index contributed by atoms with van der Waals surface area (Å²) >= 11 is 5.59. The molecule has 1 N–H and O–H groups in total. The summed E-state index contributed by atoms with van der Waals surface area (Å²) in [6.07, 6.45) is 0.606. The highest BCUT2D eigenvalue weighted by atomic mass is 35.5. The van der Waals surface area contributed by atoms with Crippen molar-refractivity contribution in [2.75, 3.05) is 12.4 Å². The third-order valence-electron chi connectivity index (χ3n) is 1.50. The van der Waals surface area contributed by atoms with E-state index in [-0.39, 0.29) is 5.91 Å². The molecule has 0 aliphatic rings. The van der Waals surface area contributed by atoms with E-state index in [1.54, 1.807) is 0 Å². The molecule has 3 heteroatoms. The predicted octanol–water partition coefficient (Wildman–Crippen LogP) is 2.02. The molecule has 1 atom stereocenters. The number of hydrogen-bond acceptors (Lipinski definition) is 1. The normalized spacial score (nSPS) is 13.1. The minimum Gasteiger partial charge on any atom is -0.356 e. The fraction of sp³-hybridized carbons (Fsp3) is 0.889. The molecular formula is C9H18ClNO. The van der Waals surface area contributed by atoms with E-state index in [0.717, 1.165) is 0 Å². The molecule has 0 aliphatic carbocycles. The van der Waals surface area contributed by atoms with Crippen LogP contribution in [0.3, 0.4) is 0 Å². The van der Waals surface area contributed by atoms with Crippen molar-refractivity contribution < 1.29 is 4.79 Å². The van der Waals surface area contributed by atoms with Crippen LogP contribution in [0.2, 0.25) is 0 Å². The minimum absolute atomic E-state index is 0.127. The average molecular weight is 192 g/mol. The van der Waals surface area contributed by atoms with Crippen LogP contribution in [0.5, 0.6) is 0 Å². The zero-order chi connectivity index (χ0) is 9.56. The number of rotatable bonds is 5. The van der Waals surface area contributed by atoms with Gasteiger partial charge in [-0.3, -0.25) is 4.79 Å². The SMILES string of the molecule is CC(C)CC(=O)NCC(C)CCl. The van der Waals surface area contributed by atoms with Gasteiger partial charge in [-0.05, 0) is 11.8 Å². The Hall–Kier alpha value is -0.240. The summed E-state index contributed by atoms with van der Waals surface area (Å²) in [6.45, 7) is 6.77. The molecule has 12 heavy (non-hydrogen) atoms. The highest BCUT2D eigenvalue weighted by Gasteiger charge is 2.05. The van der Waals surface area contributed by atoms with E-state index in [2.05, 4.69) is 5.32 Å². The lowest BCUT2D eigenvalue weighted by Crippen LogP contribution is -2.29. The van der Waals surface area contributed by atoms with Crippen LogP contribution in [0.4, 0.5) is 0 Å². The number of nitrogens with one attached hydrogen (secondary N) is 1. The van der Waals surface area contributed by atoms with Gasteiger partial charge in [-0.25, -0.2) is 0 Å². The molecule has 1 unspecified atom stereocenters. The van der Waals surface area contributed by atoms with Crippen molar-refractivity contribution in [3.63, 3.8) is 0 Å². The van der Waals surface area contributed by atoms with E-state index in [9.17, 15) is 4.79 Å². The van der Waals surface area contributed by atoms with E-state index in [4.69, 9.17) is 11.6 Å². The average Bonchev–Trinajstić information content (AvgIpc) is 1.99. The van der Waals surface area contributed by atoms with Gasteiger partial charge in [0.25, 0.3) is 0 Å². The largest absolute Gasteiger partial charge is 0.356 e. The smallest absolute Gasteiger partial charge is 0.220 e. The van der Waals surface area contributed by atoms with Gasteiger partial charge >= 0.3 is 0 Å². The monoisotopic (exact) mass is 191 g/mol. The van der Waals surface area contributed by atoms with Crippen LogP contribution in [-0.2, 0) is 4.79 Å². The number of halogens is 1. The molecule has 0 fully saturated rings. The molecule has 0 aromatic carbocycles. The van der Waals surface area contributed by atoms with Gasteiger partial charge in [-0.2, -0.15) is 0 Å². The zero-order valence-corrected chi connectivity index (χ0v) is 8.82. The second kappa shape index (κ2) is 6.30. The number of carbonyl (C=O) groups excluding carboxylic acids is 1. The maximum atomic E-state index is 11.1. The van der Waals surface area contributed by atoms with Gasteiger partial charge in [-0.15, -0.1) is 11.6 Å². The summed E-state index contributed by atoms with van der Waals surface area (Å²) in [6, 6.07) is 0. The maximum Gasteiger partial charge on any atom is 0.220 e. The lowest BCUT2D eigenvalue weighted by Gasteiger charge is -2.10. The molecular weight excluding hydrogens is 174 g/mol. The lowest BCUT2D eigenvalue weighted by molar-refractivity contribution is -0.121. The predicted molar refractivity (Wildman–Crippen MR) is 52.3 cm³/mol. The van der Waals surface area contributed by atoms with Crippen LogP contribution in [0.25, 0.3) is 0 Å².